The van der Waals surface area contributed by atoms with Crippen molar-refractivity contribution in [1.82, 2.24) is 4.90 Å². The number of likely N-dealkylation sites (tertiary alicyclic amines) is 1. The molecule has 1 aliphatic heterocycles. The highest BCUT2D eigenvalue weighted by atomic mass is 16.2. The number of nitrogens with zero attached hydrogens (tertiary/aromatic N) is 1. The normalized spacial score (nSPS) is 21.4. The molecule has 0 aliphatic carbocycles. The van der Waals surface area contributed by atoms with Gasteiger partial charge in [-0.1, -0.05) is 27.7 Å². The average Bonchev–Trinajstić information content (AvgIpc) is 2.16. The molecule has 0 radical (unpaired) electrons. The summed E-state index contributed by atoms with van der Waals surface area (Å²) in [4.78, 5) is 14.0. The van der Waals surface area contributed by atoms with Gasteiger partial charge >= 0.3 is 0 Å². The van der Waals surface area contributed by atoms with Crippen LogP contribution in [0, 0.1) is 17.8 Å². The fourth-order valence-electron chi connectivity index (χ4n) is 1.80. The van der Waals surface area contributed by atoms with Crippen LogP contribution in [0.4, 0.5) is 0 Å². The number of hydrogen-bond acceptors (Lipinski definition) is 1. The topological polar surface area (TPSA) is 20.3 Å². The van der Waals surface area contributed by atoms with E-state index in [-0.39, 0.29) is 5.92 Å². The van der Waals surface area contributed by atoms with Crippen LogP contribution in [-0.4, -0.2) is 23.9 Å². The summed E-state index contributed by atoms with van der Waals surface area (Å²) >= 11 is 0. The molecule has 1 aliphatic rings. The minimum atomic E-state index is 0.184. The van der Waals surface area contributed by atoms with Gasteiger partial charge in [0, 0.05) is 19.0 Å². The Morgan fingerprint density at radius 1 is 1.21 bits per heavy atom. The lowest BCUT2D eigenvalue weighted by molar-refractivity contribution is -0.137. The zero-order valence-corrected chi connectivity index (χ0v) is 9.92. The molecule has 1 unspecified atom stereocenters. The quantitative estimate of drug-likeness (QED) is 0.666. The van der Waals surface area contributed by atoms with Gasteiger partial charge < -0.3 is 4.90 Å². The second-order valence-electron chi connectivity index (χ2n) is 5.04. The van der Waals surface area contributed by atoms with Crippen LogP contribution < -0.4 is 0 Å². The fourth-order valence-corrected chi connectivity index (χ4v) is 1.80. The molecule has 0 N–H and O–H groups in total. The molecule has 0 aromatic carbocycles. The number of rotatable bonds is 2. The van der Waals surface area contributed by atoms with Gasteiger partial charge in [-0.3, -0.25) is 4.79 Å². The van der Waals surface area contributed by atoms with E-state index in [0.717, 1.165) is 19.0 Å². The Hall–Kier alpha value is -0.530. The van der Waals surface area contributed by atoms with Crippen molar-refractivity contribution in [1.29, 1.82) is 0 Å². The van der Waals surface area contributed by atoms with Gasteiger partial charge in [0.15, 0.2) is 0 Å². The monoisotopic (exact) mass is 197 g/mol. The van der Waals surface area contributed by atoms with Crippen LogP contribution in [0.1, 0.15) is 40.5 Å². The van der Waals surface area contributed by atoms with Crippen molar-refractivity contribution in [2.45, 2.75) is 40.5 Å². The first kappa shape index (κ1) is 11.5. The van der Waals surface area contributed by atoms with Crippen LogP contribution in [-0.2, 0) is 4.79 Å². The Labute approximate surface area is 87.7 Å². The van der Waals surface area contributed by atoms with Gasteiger partial charge in [-0.05, 0) is 24.7 Å². The van der Waals surface area contributed by atoms with Crippen LogP contribution in [0.15, 0.2) is 0 Å². The molecule has 0 aromatic heterocycles. The van der Waals surface area contributed by atoms with E-state index in [9.17, 15) is 4.79 Å². The van der Waals surface area contributed by atoms with Crippen LogP contribution >= 0.6 is 0 Å². The first-order valence-corrected chi connectivity index (χ1v) is 5.81. The average molecular weight is 197 g/mol. The molecule has 1 atom stereocenters. The standard InChI is InChI=1S/C12H23NO/c1-9(2)11(4)12(14)13-7-5-10(3)6-8-13/h9-11H,5-8H2,1-4H3. The molecular formula is C12H23NO. The molecule has 1 heterocycles. The van der Waals surface area contributed by atoms with Crippen LogP contribution in [0.2, 0.25) is 0 Å². The molecule has 1 rings (SSSR count). The summed E-state index contributed by atoms with van der Waals surface area (Å²) in [6.45, 7) is 10.5. The van der Waals surface area contributed by atoms with Gasteiger partial charge in [0.05, 0.1) is 0 Å². The molecule has 1 fully saturated rings. The first-order valence-electron chi connectivity index (χ1n) is 5.81. The summed E-state index contributed by atoms with van der Waals surface area (Å²) in [5.41, 5.74) is 0. The maximum Gasteiger partial charge on any atom is 0.225 e. The Balaban J connectivity index is 2.45. The molecule has 0 spiro atoms. The molecule has 2 heteroatoms. The molecule has 0 saturated carbocycles. The first-order chi connectivity index (χ1) is 6.52. The number of hydrogen-bond donors (Lipinski definition) is 0. The maximum atomic E-state index is 12.0. The summed E-state index contributed by atoms with van der Waals surface area (Å²) in [6.07, 6.45) is 2.35. The van der Waals surface area contributed by atoms with Gasteiger partial charge in [-0.2, -0.15) is 0 Å². The summed E-state index contributed by atoms with van der Waals surface area (Å²) in [6, 6.07) is 0. The van der Waals surface area contributed by atoms with Crippen molar-refractivity contribution in [3.8, 4) is 0 Å². The summed E-state index contributed by atoms with van der Waals surface area (Å²) < 4.78 is 0. The highest BCUT2D eigenvalue weighted by molar-refractivity contribution is 5.78. The van der Waals surface area contributed by atoms with E-state index in [1.54, 1.807) is 0 Å². The molecule has 2 nitrogen and oxygen atoms in total. The SMILES string of the molecule is CC1CCN(C(=O)C(C)C(C)C)CC1. The van der Waals surface area contributed by atoms with E-state index < -0.39 is 0 Å². The van der Waals surface area contributed by atoms with E-state index in [1.165, 1.54) is 12.8 Å². The predicted octanol–water partition coefficient (Wildman–Crippen LogP) is 2.54. The largest absolute Gasteiger partial charge is 0.342 e. The van der Waals surface area contributed by atoms with Crippen molar-refractivity contribution in [2.75, 3.05) is 13.1 Å². The molecule has 0 bridgehead atoms. The number of carbonyl (C=O) groups excluding carboxylic acids is 1. The van der Waals surface area contributed by atoms with E-state index in [4.69, 9.17) is 0 Å². The lowest BCUT2D eigenvalue weighted by atomic mass is 9.93. The predicted molar refractivity (Wildman–Crippen MR) is 59.0 cm³/mol. The minimum Gasteiger partial charge on any atom is -0.342 e. The molecule has 1 saturated heterocycles. The number of piperidine rings is 1. The van der Waals surface area contributed by atoms with Gasteiger partial charge in [0.25, 0.3) is 0 Å². The second-order valence-corrected chi connectivity index (χ2v) is 5.04. The zero-order chi connectivity index (χ0) is 10.7. The van der Waals surface area contributed by atoms with Gasteiger partial charge in [0.1, 0.15) is 0 Å². The lowest BCUT2D eigenvalue weighted by Gasteiger charge is -2.33. The highest BCUT2D eigenvalue weighted by Crippen LogP contribution is 2.20. The van der Waals surface area contributed by atoms with Crippen LogP contribution in [0.5, 0.6) is 0 Å². The van der Waals surface area contributed by atoms with E-state index in [2.05, 4.69) is 20.8 Å². The van der Waals surface area contributed by atoms with E-state index in [0.29, 0.717) is 11.8 Å². The van der Waals surface area contributed by atoms with E-state index >= 15 is 0 Å². The molecular weight excluding hydrogens is 174 g/mol. The fraction of sp³-hybridized carbons (Fsp3) is 0.917. The van der Waals surface area contributed by atoms with Crippen molar-refractivity contribution in [3.05, 3.63) is 0 Å². The zero-order valence-electron chi connectivity index (χ0n) is 9.92. The molecule has 82 valence electrons. The second kappa shape index (κ2) is 4.81. The molecule has 0 aromatic rings. The van der Waals surface area contributed by atoms with Crippen molar-refractivity contribution in [2.24, 2.45) is 17.8 Å². The van der Waals surface area contributed by atoms with Gasteiger partial charge in [-0.15, -0.1) is 0 Å². The third-order valence-corrected chi connectivity index (χ3v) is 3.48. The Bertz CT molecular complexity index is 192. The van der Waals surface area contributed by atoms with Crippen molar-refractivity contribution >= 4 is 5.91 Å². The minimum absolute atomic E-state index is 0.184. The Morgan fingerprint density at radius 2 is 1.71 bits per heavy atom. The number of amides is 1. The molecule has 14 heavy (non-hydrogen) atoms. The Morgan fingerprint density at radius 3 is 2.14 bits per heavy atom. The maximum absolute atomic E-state index is 12.0. The smallest absolute Gasteiger partial charge is 0.225 e. The lowest BCUT2D eigenvalue weighted by Crippen LogP contribution is -2.41. The summed E-state index contributed by atoms with van der Waals surface area (Å²) in [7, 11) is 0. The highest BCUT2D eigenvalue weighted by Gasteiger charge is 2.25. The third kappa shape index (κ3) is 2.73. The molecule has 1 amide bonds. The number of carbonyl (C=O) groups is 1. The van der Waals surface area contributed by atoms with E-state index in [1.807, 2.05) is 11.8 Å². The van der Waals surface area contributed by atoms with Crippen LogP contribution in [0.3, 0.4) is 0 Å². The summed E-state index contributed by atoms with van der Waals surface area (Å²) in [5, 5.41) is 0. The third-order valence-electron chi connectivity index (χ3n) is 3.48. The van der Waals surface area contributed by atoms with Gasteiger partial charge in [0.2, 0.25) is 5.91 Å². The Kier molecular flexibility index (Phi) is 3.97. The van der Waals surface area contributed by atoms with Crippen molar-refractivity contribution < 1.29 is 4.79 Å². The summed E-state index contributed by atoms with van der Waals surface area (Å²) in [5.74, 6) is 1.80. The van der Waals surface area contributed by atoms with Gasteiger partial charge in [-0.25, -0.2) is 0 Å². The van der Waals surface area contributed by atoms with Crippen LogP contribution in [0.25, 0.3) is 0 Å². The van der Waals surface area contributed by atoms with Crippen molar-refractivity contribution in [3.63, 3.8) is 0 Å².